The molecule has 0 aliphatic carbocycles. The van der Waals surface area contributed by atoms with E-state index >= 15 is 0 Å². The van der Waals surface area contributed by atoms with Crippen molar-refractivity contribution in [2.75, 3.05) is 5.43 Å². The first-order valence-electron chi connectivity index (χ1n) is 6.16. The molecule has 0 spiro atoms. The molecule has 0 radical (unpaired) electrons. The molecule has 0 aromatic carbocycles. The van der Waals surface area contributed by atoms with Crippen molar-refractivity contribution in [1.82, 2.24) is 15.5 Å². The number of amides is 1. The monoisotopic (exact) mass is 275 g/mol. The van der Waals surface area contributed by atoms with Crippen molar-refractivity contribution < 1.29 is 9.32 Å². The molecule has 106 valence electrons. The van der Waals surface area contributed by atoms with Gasteiger partial charge in [-0.25, -0.2) is 0 Å². The molecule has 0 saturated heterocycles. The van der Waals surface area contributed by atoms with E-state index in [2.05, 4.69) is 20.9 Å². The Hall–Kier alpha value is -2.41. The number of nitrogen functional groups attached to an aromatic ring is 1. The Labute approximate surface area is 116 Å². The first-order valence-corrected chi connectivity index (χ1v) is 6.16. The summed E-state index contributed by atoms with van der Waals surface area (Å²) in [7, 11) is 0. The van der Waals surface area contributed by atoms with Gasteiger partial charge >= 0.3 is 0 Å². The Morgan fingerprint density at radius 2 is 2.15 bits per heavy atom. The average molecular weight is 275 g/mol. The van der Waals surface area contributed by atoms with Gasteiger partial charge < -0.3 is 15.3 Å². The number of nitrogens with one attached hydrogen (secondary N) is 2. The van der Waals surface area contributed by atoms with E-state index in [4.69, 9.17) is 10.4 Å². The van der Waals surface area contributed by atoms with Gasteiger partial charge in [-0.2, -0.15) is 0 Å². The molecule has 2 aromatic heterocycles. The number of aromatic nitrogens is 2. The molecule has 0 bridgehead atoms. The number of hydrazine groups is 1. The van der Waals surface area contributed by atoms with Gasteiger partial charge in [-0.15, -0.1) is 0 Å². The zero-order valence-electron chi connectivity index (χ0n) is 11.7. The number of rotatable bonds is 4. The minimum Gasteiger partial charge on any atom is -0.361 e. The molecule has 2 heterocycles. The summed E-state index contributed by atoms with van der Waals surface area (Å²) >= 11 is 0. The van der Waals surface area contributed by atoms with Crippen molar-refractivity contribution in [2.45, 2.75) is 27.3 Å². The Kier molecular flexibility index (Phi) is 3.99. The number of nitrogens with two attached hydrogens (primary N) is 1. The Morgan fingerprint density at radius 3 is 2.75 bits per heavy atom. The predicted octanol–water partition coefficient (Wildman–Crippen LogP) is 1.21. The van der Waals surface area contributed by atoms with Gasteiger partial charge in [-0.1, -0.05) is 5.16 Å². The number of anilines is 1. The molecule has 0 aliphatic heterocycles. The van der Waals surface area contributed by atoms with Crippen LogP contribution in [0.15, 0.2) is 16.8 Å². The first kappa shape index (κ1) is 14.0. The largest absolute Gasteiger partial charge is 0.361 e. The molecule has 1 amide bonds. The number of nitrogens with zero attached hydrogens (tertiary/aromatic N) is 2. The Balaban J connectivity index is 2.13. The second kappa shape index (κ2) is 5.70. The standard InChI is InChI=1S/C13H17N5O2/c1-7-4-12(17-14)11(6-15-7)13(19)16-5-10-8(2)18-20-9(10)3/h4,6H,5,14H2,1-3H3,(H,15,17)(H,16,19). The quantitative estimate of drug-likeness (QED) is 0.572. The summed E-state index contributed by atoms with van der Waals surface area (Å²) in [6.07, 6.45) is 1.49. The van der Waals surface area contributed by atoms with E-state index in [0.29, 0.717) is 23.6 Å². The lowest BCUT2D eigenvalue weighted by Crippen LogP contribution is -2.25. The van der Waals surface area contributed by atoms with Gasteiger partial charge in [0.05, 0.1) is 16.9 Å². The molecule has 7 heteroatoms. The van der Waals surface area contributed by atoms with Crippen LogP contribution in [0.5, 0.6) is 0 Å². The van der Waals surface area contributed by atoms with Gasteiger partial charge in [0.25, 0.3) is 5.91 Å². The minimum absolute atomic E-state index is 0.259. The maximum atomic E-state index is 12.2. The second-order valence-electron chi connectivity index (χ2n) is 4.50. The molecule has 0 unspecified atom stereocenters. The zero-order valence-corrected chi connectivity index (χ0v) is 11.7. The fourth-order valence-electron chi connectivity index (χ4n) is 1.88. The number of hydrogen-bond donors (Lipinski definition) is 3. The summed E-state index contributed by atoms with van der Waals surface area (Å²) in [6, 6.07) is 1.71. The van der Waals surface area contributed by atoms with E-state index in [0.717, 1.165) is 17.0 Å². The van der Waals surface area contributed by atoms with E-state index in [1.165, 1.54) is 6.20 Å². The van der Waals surface area contributed by atoms with Crippen LogP contribution in [0.4, 0.5) is 5.69 Å². The second-order valence-corrected chi connectivity index (χ2v) is 4.50. The number of pyridine rings is 1. The van der Waals surface area contributed by atoms with Crippen molar-refractivity contribution in [3.63, 3.8) is 0 Å². The Morgan fingerprint density at radius 1 is 1.40 bits per heavy atom. The van der Waals surface area contributed by atoms with Crippen molar-refractivity contribution in [3.05, 3.63) is 40.5 Å². The van der Waals surface area contributed by atoms with Gasteiger partial charge in [0.2, 0.25) is 0 Å². The van der Waals surface area contributed by atoms with E-state index in [-0.39, 0.29) is 5.91 Å². The van der Waals surface area contributed by atoms with Crippen LogP contribution in [0, 0.1) is 20.8 Å². The van der Waals surface area contributed by atoms with Crippen LogP contribution in [-0.2, 0) is 6.54 Å². The van der Waals surface area contributed by atoms with E-state index in [1.54, 1.807) is 6.07 Å². The molecular weight excluding hydrogens is 258 g/mol. The van der Waals surface area contributed by atoms with E-state index in [1.807, 2.05) is 20.8 Å². The summed E-state index contributed by atoms with van der Waals surface area (Å²) < 4.78 is 5.05. The number of aryl methyl sites for hydroxylation is 3. The zero-order chi connectivity index (χ0) is 14.7. The lowest BCUT2D eigenvalue weighted by Gasteiger charge is -2.09. The van der Waals surface area contributed by atoms with Crippen LogP contribution >= 0.6 is 0 Å². The van der Waals surface area contributed by atoms with Crippen LogP contribution in [0.1, 0.15) is 33.1 Å². The third-order valence-electron chi connectivity index (χ3n) is 3.05. The summed E-state index contributed by atoms with van der Waals surface area (Å²) in [5.74, 6) is 5.85. The molecule has 0 aliphatic rings. The van der Waals surface area contributed by atoms with Gasteiger partial charge in [0, 0.05) is 24.0 Å². The topological polar surface area (TPSA) is 106 Å². The summed E-state index contributed by atoms with van der Waals surface area (Å²) in [5, 5.41) is 6.64. The van der Waals surface area contributed by atoms with Gasteiger partial charge in [0.1, 0.15) is 5.76 Å². The van der Waals surface area contributed by atoms with Crippen LogP contribution in [0.2, 0.25) is 0 Å². The normalized spacial score (nSPS) is 10.4. The maximum absolute atomic E-state index is 12.2. The third kappa shape index (κ3) is 2.77. The molecular formula is C13H17N5O2. The van der Waals surface area contributed by atoms with Crippen LogP contribution in [-0.4, -0.2) is 16.0 Å². The molecule has 7 nitrogen and oxygen atoms in total. The summed E-state index contributed by atoms with van der Waals surface area (Å²) in [6.45, 7) is 5.81. The average Bonchev–Trinajstić information content (AvgIpc) is 2.75. The smallest absolute Gasteiger partial charge is 0.255 e. The molecule has 20 heavy (non-hydrogen) atoms. The van der Waals surface area contributed by atoms with Crippen molar-refractivity contribution in [1.29, 1.82) is 0 Å². The van der Waals surface area contributed by atoms with Crippen molar-refractivity contribution in [3.8, 4) is 0 Å². The highest BCUT2D eigenvalue weighted by Gasteiger charge is 2.14. The number of carbonyl (C=O) groups excluding carboxylic acids is 1. The SMILES string of the molecule is Cc1cc(NN)c(C(=O)NCc2c(C)noc2C)cn1. The molecule has 0 atom stereocenters. The molecule has 0 saturated carbocycles. The number of carbonyl (C=O) groups is 1. The van der Waals surface area contributed by atoms with E-state index < -0.39 is 0 Å². The predicted molar refractivity (Wildman–Crippen MR) is 73.9 cm³/mol. The van der Waals surface area contributed by atoms with Crippen molar-refractivity contribution >= 4 is 11.6 Å². The molecule has 0 fully saturated rings. The van der Waals surface area contributed by atoms with Gasteiger partial charge in [0.15, 0.2) is 0 Å². The van der Waals surface area contributed by atoms with Crippen LogP contribution in [0.3, 0.4) is 0 Å². The fraction of sp³-hybridized carbons (Fsp3) is 0.308. The van der Waals surface area contributed by atoms with Crippen molar-refractivity contribution in [2.24, 2.45) is 5.84 Å². The highest BCUT2D eigenvalue weighted by Crippen LogP contribution is 2.15. The fourth-order valence-corrected chi connectivity index (χ4v) is 1.88. The lowest BCUT2D eigenvalue weighted by atomic mass is 10.1. The third-order valence-corrected chi connectivity index (χ3v) is 3.05. The van der Waals surface area contributed by atoms with Gasteiger partial charge in [-0.05, 0) is 26.8 Å². The lowest BCUT2D eigenvalue weighted by molar-refractivity contribution is 0.0951. The molecule has 2 rings (SSSR count). The Bertz CT molecular complexity index is 616. The summed E-state index contributed by atoms with van der Waals surface area (Å²) in [4.78, 5) is 16.3. The molecule has 4 N–H and O–H groups in total. The van der Waals surface area contributed by atoms with Gasteiger partial charge in [-0.3, -0.25) is 15.6 Å². The summed E-state index contributed by atoms with van der Waals surface area (Å²) in [5.41, 5.74) is 5.85. The number of hydrogen-bond acceptors (Lipinski definition) is 6. The van der Waals surface area contributed by atoms with Crippen LogP contribution in [0.25, 0.3) is 0 Å². The van der Waals surface area contributed by atoms with E-state index in [9.17, 15) is 4.79 Å². The highest BCUT2D eigenvalue weighted by molar-refractivity contribution is 5.99. The highest BCUT2D eigenvalue weighted by atomic mass is 16.5. The maximum Gasteiger partial charge on any atom is 0.255 e. The molecule has 2 aromatic rings. The van der Waals surface area contributed by atoms with Crippen LogP contribution < -0.4 is 16.6 Å². The first-order chi connectivity index (χ1) is 9.52. The minimum atomic E-state index is -0.259.